The molecule has 1 aliphatic heterocycles. The van der Waals surface area contributed by atoms with E-state index in [4.69, 9.17) is 0 Å². The van der Waals surface area contributed by atoms with Crippen LogP contribution in [0.15, 0.2) is 78.9 Å². The Balaban J connectivity index is 1.69. The van der Waals surface area contributed by atoms with Crippen LogP contribution >= 0.6 is 0 Å². The first-order valence-corrected chi connectivity index (χ1v) is 8.76. The molecule has 0 spiro atoms. The normalized spacial score (nSPS) is 15.6. The summed E-state index contributed by atoms with van der Waals surface area (Å²) in [5.74, 6) is 0. The smallest absolute Gasteiger partial charge is 0.106 e. The molecule has 4 aromatic carbocycles. The van der Waals surface area contributed by atoms with Crippen LogP contribution in [0.3, 0.4) is 0 Å². The molecule has 1 heterocycles. The van der Waals surface area contributed by atoms with Gasteiger partial charge in [-0.3, -0.25) is 0 Å². The lowest BCUT2D eigenvalue weighted by Crippen LogP contribution is -2.35. The van der Waals surface area contributed by atoms with Gasteiger partial charge in [-0.15, -0.1) is 0 Å². The van der Waals surface area contributed by atoms with Gasteiger partial charge in [0.05, 0.1) is 0 Å². The Labute approximate surface area is 147 Å². The first kappa shape index (κ1) is 14.6. The summed E-state index contributed by atoms with van der Waals surface area (Å²) in [6.45, 7) is 1.63. The van der Waals surface area contributed by atoms with E-state index in [1.807, 2.05) is 18.2 Å². The number of rotatable bonds is 2. The fraction of sp³-hybridized carbons (Fsp3) is 0.130. The Morgan fingerprint density at radius 3 is 1.56 bits per heavy atom. The number of fused-ring (bicyclic) bond motifs is 6. The van der Waals surface area contributed by atoms with E-state index in [9.17, 15) is 5.21 Å². The second-order valence-electron chi connectivity index (χ2n) is 7.07. The minimum Gasteiger partial charge on any atom is -0.632 e. The van der Waals surface area contributed by atoms with Gasteiger partial charge in [0.2, 0.25) is 0 Å². The summed E-state index contributed by atoms with van der Waals surface area (Å²) in [6, 6.07) is 27.1. The molecule has 0 unspecified atom stereocenters. The van der Waals surface area contributed by atoms with Gasteiger partial charge in [-0.1, -0.05) is 78.9 Å². The number of hydrogen-bond donors (Lipinski definition) is 0. The van der Waals surface area contributed by atoms with Crippen molar-refractivity contribution in [3.8, 4) is 0 Å². The molecule has 0 saturated heterocycles. The third-order valence-electron chi connectivity index (χ3n) is 5.36. The molecule has 25 heavy (non-hydrogen) atoms. The van der Waals surface area contributed by atoms with Crippen LogP contribution in [0, 0.1) is 5.21 Å². The van der Waals surface area contributed by atoms with Crippen molar-refractivity contribution in [3.05, 3.63) is 101 Å². The van der Waals surface area contributed by atoms with Crippen LogP contribution < -0.4 is 0 Å². The highest BCUT2D eigenvalue weighted by molar-refractivity contribution is 6.10. The van der Waals surface area contributed by atoms with Gasteiger partial charge in [0.1, 0.15) is 19.6 Å². The van der Waals surface area contributed by atoms with Gasteiger partial charge in [0, 0.05) is 16.7 Å². The monoisotopic (exact) mass is 325 g/mol. The minimum absolute atomic E-state index is 0.197. The summed E-state index contributed by atoms with van der Waals surface area (Å²) in [5.41, 5.74) is 3.58. The lowest BCUT2D eigenvalue weighted by Gasteiger charge is -2.38. The highest BCUT2D eigenvalue weighted by Crippen LogP contribution is 2.41. The maximum absolute atomic E-state index is 13.6. The SMILES string of the molecule is [O-][N+]1(Cc2ccccc2)Cc2c(c3ccccc3c3ccccc23)C1. The Morgan fingerprint density at radius 2 is 1.04 bits per heavy atom. The van der Waals surface area contributed by atoms with Crippen molar-refractivity contribution < 1.29 is 4.65 Å². The van der Waals surface area contributed by atoms with E-state index >= 15 is 0 Å². The molecule has 0 amide bonds. The van der Waals surface area contributed by atoms with Gasteiger partial charge in [0.25, 0.3) is 0 Å². The Hall–Kier alpha value is -2.68. The van der Waals surface area contributed by atoms with Gasteiger partial charge in [0.15, 0.2) is 0 Å². The second kappa shape index (κ2) is 5.41. The number of hydroxylamine groups is 3. The van der Waals surface area contributed by atoms with Crippen molar-refractivity contribution in [2.24, 2.45) is 0 Å². The van der Waals surface area contributed by atoms with Gasteiger partial charge < -0.3 is 9.85 Å². The molecular weight excluding hydrogens is 306 g/mol. The van der Waals surface area contributed by atoms with Crippen LogP contribution in [0.4, 0.5) is 0 Å². The van der Waals surface area contributed by atoms with Crippen LogP contribution in [0.25, 0.3) is 21.5 Å². The van der Waals surface area contributed by atoms with Crippen molar-refractivity contribution in [2.75, 3.05) is 0 Å². The predicted molar refractivity (Wildman–Crippen MR) is 103 cm³/mol. The number of benzene rings is 4. The summed E-state index contributed by atoms with van der Waals surface area (Å²) >= 11 is 0. The number of nitrogens with zero attached hydrogens (tertiary/aromatic N) is 1. The molecule has 0 fully saturated rings. The quantitative estimate of drug-likeness (QED) is 0.270. The Kier molecular flexibility index (Phi) is 3.17. The summed E-state index contributed by atoms with van der Waals surface area (Å²) in [7, 11) is 0. The summed E-state index contributed by atoms with van der Waals surface area (Å²) in [6.07, 6.45) is 0. The average Bonchev–Trinajstić information content (AvgIpc) is 3.00. The lowest BCUT2D eigenvalue weighted by atomic mass is 9.93. The highest BCUT2D eigenvalue weighted by atomic mass is 16.5. The van der Waals surface area contributed by atoms with Crippen molar-refractivity contribution in [1.82, 2.24) is 0 Å². The fourth-order valence-corrected chi connectivity index (χ4v) is 4.31. The van der Waals surface area contributed by atoms with E-state index in [1.54, 1.807) is 0 Å². The summed E-state index contributed by atoms with van der Waals surface area (Å²) in [5, 5.41) is 18.5. The highest BCUT2D eigenvalue weighted by Gasteiger charge is 2.32. The zero-order valence-corrected chi connectivity index (χ0v) is 14.0. The van der Waals surface area contributed by atoms with Crippen LogP contribution in [-0.4, -0.2) is 4.65 Å². The van der Waals surface area contributed by atoms with Gasteiger partial charge in [-0.2, -0.15) is 0 Å². The molecule has 0 aliphatic carbocycles. The second-order valence-corrected chi connectivity index (χ2v) is 7.07. The average molecular weight is 325 g/mol. The molecule has 0 radical (unpaired) electrons. The van der Waals surface area contributed by atoms with Crippen molar-refractivity contribution >= 4 is 21.5 Å². The van der Waals surface area contributed by atoms with E-state index in [0.717, 1.165) is 5.56 Å². The van der Waals surface area contributed by atoms with Gasteiger partial charge in [-0.05, 0) is 21.5 Å². The third kappa shape index (κ3) is 2.34. The maximum Gasteiger partial charge on any atom is 0.106 e. The lowest BCUT2D eigenvalue weighted by molar-refractivity contribution is -0.913. The molecule has 0 atom stereocenters. The molecule has 0 saturated carbocycles. The Bertz CT molecular complexity index is 1020. The first-order valence-electron chi connectivity index (χ1n) is 8.76. The zero-order valence-electron chi connectivity index (χ0n) is 14.0. The van der Waals surface area contributed by atoms with Crippen LogP contribution in [0.2, 0.25) is 0 Å². The molecule has 0 N–H and O–H groups in total. The zero-order chi connectivity index (χ0) is 16.9. The van der Waals surface area contributed by atoms with E-state index in [2.05, 4.69) is 60.7 Å². The fourth-order valence-electron chi connectivity index (χ4n) is 4.31. The molecule has 122 valence electrons. The van der Waals surface area contributed by atoms with Crippen molar-refractivity contribution in [2.45, 2.75) is 19.6 Å². The van der Waals surface area contributed by atoms with Crippen LogP contribution in [0.5, 0.6) is 0 Å². The van der Waals surface area contributed by atoms with E-state index in [0.29, 0.717) is 19.6 Å². The van der Waals surface area contributed by atoms with Gasteiger partial charge >= 0.3 is 0 Å². The molecule has 0 bridgehead atoms. The molecule has 2 nitrogen and oxygen atoms in total. The van der Waals surface area contributed by atoms with Crippen LogP contribution in [-0.2, 0) is 19.6 Å². The molecular formula is C23H19NO. The van der Waals surface area contributed by atoms with Crippen molar-refractivity contribution in [1.29, 1.82) is 0 Å². The largest absolute Gasteiger partial charge is 0.632 e. The molecule has 4 aromatic rings. The summed E-state index contributed by atoms with van der Waals surface area (Å²) < 4.78 is -0.197. The standard InChI is InChI=1S/C23H19NO/c25-24(14-17-8-2-1-3-9-17)15-22-20-12-6-4-10-18(20)19-11-5-7-13-21(19)23(22)16-24/h1-13H,14-16H2. The maximum atomic E-state index is 13.6. The molecule has 5 rings (SSSR count). The van der Waals surface area contributed by atoms with Crippen LogP contribution in [0.1, 0.15) is 16.7 Å². The molecule has 1 aliphatic rings. The topological polar surface area (TPSA) is 23.1 Å². The van der Waals surface area contributed by atoms with E-state index < -0.39 is 0 Å². The third-order valence-corrected chi connectivity index (χ3v) is 5.36. The predicted octanol–water partition coefficient (Wildman–Crippen LogP) is 5.52. The van der Waals surface area contributed by atoms with Gasteiger partial charge in [-0.25, -0.2) is 0 Å². The first-order chi connectivity index (χ1) is 12.2. The Morgan fingerprint density at radius 1 is 0.600 bits per heavy atom. The minimum atomic E-state index is -0.197. The summed E-state index contributed by atoms with van der Waals surface area (Å²) in [4.78, 5) is 0. The number of hydrogen-bond acceptors (Lipinski definition) is 1. The number of quaternary nitrogens is 1. The van der Waals surface area contributed by atoms with E-state index in [-0.39, 0.29) is 4.65 Å². The molecule has 2 heteroatoms. The molecule has 0 aromatic heterocycles. The van der Waals surface area contributed by atoms with E-state index in [1.165, 1.54) is 32.7 Å². The van der Waals surface area contributed by atoms with Crippen molar-refractivity contribution in [3.63, 3.8) is 0 Å².